The molecule has 98 valence electrons. The zero-order chi connectivity index (χ0) is 12.8. The molecule has 18 heavy (non-hydrogen) atoms. The number of ether oxygens (including phenoxy) is 2. The molecule has 1 N–H and O–H groups in total. The molecule has 4 heteroatoms. The lowest BCUT2D eigenvalue weighted by molar-refractivity contribution is 0.0938. The summed E-state index contributed by atoms with van der Waals surface area (Å²) in [5.41, 5.74) is 0.681. The van der Waals surface area contributed by atoms with E-state index in [4.69, 9.17) is 9.47 Å². The summed E-state index contributed by atoms with van der Waals surface area (Å²) in [6.07, 6.45) is 0.595. The van der Waals surface area contributed by atoms with Crippen molar-refractivity contribution in [1.82, 2.24) is 5.32 Å². The van der Waals surface area contributed by atoms with Crippen molar-refractivity contribution in [3.63, 3.8) is 0 Å². The summed E-state index contributed by atoms with van der Waals surface area (Å²) in [5, 5.41) is 3.17. The summed E-state index contributed by atoms with van der Waals surface area (Å²) in [5.74, 6) is 1.30. The van der Waals surface area contributed by atoms with Crippen LogP contribution in [-0.2, 0) is 4.74 Å². The molecule has 1 aromatic rings. The summed E-state index contributed by atoms with van der Waals surface area (Å²) in [7, 11) is 1.63. The molecule has 0 radical (unpaired) electrons. The van der Waals surface area contributed by atoms with E-state index in [1.165, 1.54) is 0 Å². The van der Waals surface area contributed by atoms with Crippen molar-refractivity contribution in [3.05, 3.63) is 29.8 Å². The number of Topliss-reactive ketones (excluding diaryl/α,β-unsaturated/α-hetero) is 1. The van der Waals surface area contributed by atoms with E-state index < -0.39 is 0 Å². The van der Waals surface area contributed by atoms with E-state index in [2.05, 4.69) is 5.32 Å². The van der Waals surface area contributed by atoms with Crippen molar-refractivity contribution in [2.24, 2.45) is 5.92 Å². The lowest BCUT2D eigenvalue weighted by atomic mass is 9.93. The van der Waals surface area contributed by atoms with Crippen molar-refractivity contribution >= 4 is 5.78 Å². The van der Waals surface area contributed by atoms with Crippen LogP contribution in [0.1, 0.15) is 16.8 Å². The predicted molar refractivity (Wildman–Crippen MR) is 69.1 cm³/mol. The molecular weight excluding hydrogens is 230 g/mol. The second-order valence-corrected chi connectivity index (χ2v) is 4.49. The second kappa shape index (κ2) is 6.52. The SMILES string of the molecule is COCCOc1ccccc1C(=O)CC1CNC1. The third kappa shape index (κ3) is 3.31. The van der Waals surface area contributed by atoms with Gasteiger partial charge in [0, 0.05) is 13.5 Å². The Balaban J connectivity index is 1.98. The Kier molecular flexibility index (Phi) is 4.73. The first-order valence-electron chi connectivity index (χ1n) is 6.26. The molecule has 0 aliphatic carbocycles. The van der Waals surface area contributed by atoms with Crippen LogP contribution in [0.25, 0.3) is 0 Å². The third-order valence-corrected chi connectivity index (χ3v) is 3.07. The molecule has 1 heterocycles. The lowest BCUT2D eigenvalue weighted by Gasteiger charge is -2.26. The maximum absolute atomic E-state index is 12.2. The average Bonchev–Trinajstić information content (AvgIpc) is 2.34. The first-order valence-corrected chi connectivity index (χ1v) is 6.26. The van der Waals surface area contributed by atoms with E-state index in [0.29, 0.717) is 36.9 Å². The summed E-state index contributed by atoms with van der Waals surface area (Å²) in [6, 6.07) is 7.41. The molecule has 0 bridgehead atoms. The van der Waals surface area contributed by atoms with Gasteiger partial charge in [-0.15, -0.1) is 0 Å². The number of benzene rings is 1. The lowest BCUT2D eigenvalue weighted by Crippen LogP contribution is -2.42. The van der Waals surface area contributed by atoms with Crippen LogP contribution >= 0.6 is 0 Å². The summed E-state index contributed by atoms with van der Waals surface area (Å²) in [4.78, 5) is 12.2. The highest BCUT2D eigenvalue weighted by Crippen LogP contribution is 2.22. The van der Waals surface area contributed by atoms with Gasteiger partial charge in [-0.05, 0) is 31.1 Å². The normalized spacial score (nSPS) is 15.2. The topological polar surface area (TPSA) is 47.6 Å². The van der Waals surface area contributed by atoms with Gasteiger partial charge in [0.15, 0.2) is 5.78 Å². The number of hydrogen-bond donors (Lipinski definition) is 1. The van der Waals surface area contributed by atoms with Gasteiger partial charge in [0.25, 0.3) is 0 Å². The fourth-order valence-corrected chi connectivity index (χ4v) is 1.92. The highest BCUT2D eigenvalue weighted by Gasteiger charge is 2.22. The number of para-hydroxylation sites is 1. The van der Waals surface area contributed by atoms with Crippen LogP contribution in [-0.4, -0.2) is 39.2 Å². The maximum atomic E-state index is 12.2. The van der Waals surface area contributed by atoms with Gasteiger partial charge in [0.05, 0.1) is 12.2 Å². The van der Waals surface area contributed by atoms with Crippen LogP contribution in [0, 0.1) is 5.92 Å². The van der Waals surface area contributed by atoms with Gasteiger partial charge < -0.3 is 14.8 Å². The quantitative estimate of drug-likeness (QED) is 0.587. The van der Waals surface area contributed by atoms with Crippen molar-refractivity contribution < 1.29 is 14.3 Å². The van der Waals surface area contributed by atoms with Crippen LogP contribution in [0.4, 0.5) is 0 Å². The Morgan fingerprint density at radius 1 is 1.33 bits per heavy atom. The standard InChI is InChI=1S/C14H19NO3/c1-17-6-7-18-14-5-3-2-4-12(14)13(16)8-11-9-15-10-11/h2-5,11,15H,6-10H2,1H3. The number of carbonyl (C=O) groups excluding carboxylic acids is 1. The second-order valence-electron chi connectivity index (χ2n) is 4.49. The molecule has 1 aliphatic rings. The van der Waals surface area contributed by atoms with Gasteiger partial charge in [0.1, 0.15) is 12.4 Å². The van der Waals surface area contributed by atoms with Gasteiger partial charge in [-0.1, -0.05) is 12.1 Å². The average molecular weight is 249 g/mol. The molecule has 4 nitrogen and oxygen atoms in total. The van der Waals surface area contributed by atoms with Crippen molar-refractivity contribution in [3.8, 4) is 5.75 Å². The molecule has 0 spiro atoms. The minimum absolute atomic E-state index is 0.162. The number of methoxy groups -OCH3 is 1. The largest absolute Gasteiger partial charge is 0.490 e. The molecule has 0 aromatic heterocycles. The monoisotopic (exact) mass is 249 g/mol. The van der Waals surface area contributed by atoms with E-state index in [1.54, 1.807) is 7.11 Å². The number of nitrogens with one attached hydrogen (secondary N) is 1. The minimum Gasteiger partial charge on any atom is -0.490 e. The molecule has 1 fully saturated rings. The molecule has 1 aromatic carbocycles. The van der Waals surface area contributed by atoms with Gasteiger partial charge in [0.2, 0.25) is 0 Å². The molecule has 0 unspecified atom stereocenters. The zero-order valence-electron chi connectivity index (χ0n) is 10.6. The van der Waals surface area contributed by atoms with E-state index in [1.807, 2.05) is 24.3 Å². The Morgan fingerprint density at radius 3 is 2.78 bits per heavy atom. The molecule has 2 rings (SSSR count). The predicted octanol–water partition coefficient (Wildman–Crippen LogP) is 1.50. The number of rotatable bonds is 7. The smallest absolute Gasteiger partial charge is 0.166 e. The van der Waals surface area contributed by atoms with Gasteiger partial charge >= 0.3 is 0 Å². The van der Waals surface area contributed by atoms with Gasteiger partial charge in [-0.2, -0.15) is 0 Å². The molecule has 1 saturated heterocycles. The van der Waals surface area contributed by atoms with Crippen molar-refractivity contribution in [2.45, 2.75) is 6.42 Å². The summed E-state index contributed by atoms with van der Waals surface area (Å²) in [6.45, 7) is 2.87. The highest BCUT2D eigenvalue weighted by molar-refractivity contribution is 5.98. The molecule has 0 saturated carbocycles. The molecule has 0 amide bonds. The first kappa shape index (κ1) is 13.1. The molecular formula is C14H19NO3. The number of hydrogen-bond acceptors (Lipinski definition) is 4. The van der Waals surface area contributed by atoms with E-state index in [9.17, 15) is 4.79 Å². The van der Waals surface area contributed by atoms with Gasteiger partial charge in [-0.3, -0.25) is 4.79 Å². The summed E-state index contributed by atoms with van der Waals surface area (Å²) >= 11 is 0. The minimum atomic E-state index is 0.162. The van der Waals surface area contributed by atoms with Crippen molar-refractivity contribution in [2.75, 3.05) is 33.4 Å². The zero-order valence-corrected chi connectivity index (χ0v) is 10.6. The van der Waals surface area contributed by atoms with Crippen LogP contribution in [0.3, 0.4) is 0 Å². The van der Waals surface area contributed by atoms with Gasteiger partial charge in [-0.25, -0.2) is 0 Å². The van der Waals surface area contributed by atoms with E-state index >= 15 is 0 Å². The Bertz CT molecular complexity index is 402. The summed E-state index contributed by atoms with van der Waals surface area (Å²) < 4.78 is 10.5. The van der Waals surface area contributed by atoms with E-state index in [-0.39, 0.29) is 5.78 Å². The fraction of sp³-hybridized carbons (Fsp3) is 0.500. The maximum Gasteiger partial charge on any atom is 0.166 e. The Morgan fingerprint density at radius 2 is 2.11 bits per heavy atom. The fourth-order valence-electron chi connectivity index (χ4n) is 1.92. The number of carbonyl (C=O) groups is 1. The molecule has 1 aliphatic heterocycles. The van der Waals surface area contributed by atoms with Crippen molar-refractivity contribution in [1.29, 1.82) is 0 Å². The van der Waals surface area contributed by atoms with Crippen LogP contribution in [0.5, 0.6) is 5.75 Å². The molecule has 0 atom stereocenters. The van der Waals surface area contributed by atoms with Crippen LogP contribution in [0.2, 0.25) is 0 Å². The Labute approximate surface area is 107 Å². The Hall–Kier alpha value is -1.39. The van der Waals surface area contributed by atoms with Crippen LogP contribution < -0.4 is 10.1 Å². The van der Waals surface area contributed by atoms with Crippen LogP contribution in [0.15, 0.2) is 24.3 Å². The first-order chi connectivity index (χ1) is 8.81. The third-order valence-electron chi connectivity index (χ3n) is 3.07. The van der Waals surface area contributed by atoms with E-state index in [0.717, 1.165) is 13.1 Å². The number of ketones is 1. The highest BCUT2D eigenvalue weighted by atomic mass is 16.5.